The van der Waals surface area contributed by atoms with Gasteiger partial charge >= 0.3 is 0 Å². The molecule has 12 heavy (non-hydrogen) atoms. The van der Waals surface area contributed by atoms with E-state index in [1.165, 1.54) is 0 Å². The van der Waals surface area contributed by atoms with Gasteiger partial charge in [-0.3, -0.25) is 4.99 Å². The molecule has 0 aliphatic carbocycles. The zero-order valence-electron chi connectivity index (χ0n) is 7.38. The van der Waals surface area contributed by atoms with Crippen molar-refractivity contribution in [2.75, 3.05) is 7.05 Å². The predicted molar refractivity (Wildman–Crippen MR) is 55.2 cm³/mol. The molecule has 2 N–H and O–H groups in total. The van der Waals surface area contributed by atoms with Crippen molar-refractivity contribution in [1.29, 1.82) is 0 Å². The smallest absolute Gasteiger partial charge is 0.125 e. The predicted octanol–water partition coefficient (Wildman–Crippen LogP) is 1.83. The Morgan fingerprint density at radius 2 is 2.00 bits per heavy atom. The third kappa shape index (κ3) is 2.58. The Kier molecular flexibility index (Phi) is 4.46. The van der Waals surface area contributed by atoms with Crippen molar-refractivity contribution in [2.24, 2.45) is 10.7 Å². The normalized spacial score (nSPS) is 12.4. The third-order valence-corrected chi connectivity index (χ3v) is 1.39. The zero-order chi connectivity index (χ0) is 9.56. The fraction of sp³-hybridized carbons (Fsp3) is 0.100. The van der Waals surface area contributed by atoms with Crippen LogP contribution in [0, 0.1) is 0 Å². The van der Waals surface area contributed by atoms with Gasteiger partial charge in [0.1, 0.15) is 5.84 Å². The molecule has 0 saturated heterocycles. The zero-order valence-corrected chi connectivity index (χ0v) is 7.38. The molecule has 0 aromatic heterocycles. The Hall–Kier alpha value is -1.57. The highest BCUT2D eigenvalue weighted by Gasteiger charge is 2.01. The van der Waals surface area contributed by atoms with E-state index in [0.29, 0.717) is 5.84 Å². The van der Waals surface area contributed by atoms with Crippen LogP contribution in [0.3, 0.4) is 0 Å². The largest absolute Gasteiger partial charge is 0.383 e. The van der Waals surface area contributed by atoms with Gasteiger partial charge in [-0.05, 0) is 5.57 Å². The first-order chi connectivity index (χ1) is 5.67. The molecule has 0 aliphatic heterocycles. The van der Waals surface area contributed by atoms with Gasteiger partial charge < -0.3 is 5.73 Å². The van der Waals surface area contributed by atoms with E-state index in [1.54, 1.807) is 25.3 Å². The van der Waals surface area contributed by atoms with Crippen LogP contribution in [0.1, 0.15) is 0 Å². The summed E-state index contributed by atoms with van der Waals surface area (Å²) in [5.41, 5.74) is 7.12. The maximum absolute atomic E-state index is 5.61. The van der Waals surface area contributed by atoms with Crippen LogP contribution in [0.15, 0.2) is 54.1 Å². The van der Waals surface area contributed by atoms with E-state index in [2.05, 4.69) is 24.7 Å². The summed E-state index contributed by atoms with van der Waals surface area (Å²) in [6.07, 6.45) is 5.03. The van der Waals surface area contributed by atoms with Gasteiger partial charge in [0.05, 0.1) is 0 Å². The molecule has 0 atom stereocenters. The van der Waals surface area contributed by atoms with Gasteiger partial charge in [0.2, 0.25) is 0 Å². The quantitative estimate of drug-likeness (QED) is 0.382. The summed E-state index contributed by atoms with van der Waals surface area (Å²) < 4.78 is 0. The van der Waals surface area contributed by atoms with E-state index < -0.39 is 0 Å². The van der Waals surface area contributed by atoms with Gasteiger partial charge in [0.15, 0.2) is 0 Å². The Morgan fingerprint density at radius 3 is 2.33 bits per heavy atom. The summed E-state index contributed by atoms with van der Waals surface area (Å²) in [5.74, 6) is 0.444. The van der Waals surface area contributed by atoms with Gasteiger partial charge in [-0.1, -0.05) is 38.0 Å². The molecule has 0 fully saturated rings. The van der Waals surface area contributed by atoms with Gasteiger partial charge in [-0.15, -0.1) is 0 Å². The highest BCUT2D eigenvalue weighted by atomic mass is 14.8. The van der Waals surface area contributed by atoms with Crippen LogP contribution in [0.4, 0.5) is 0 Å². The Labute approximate surface area is 73.5 Å². The van der Waals surface area contributed by atoms with Gasteiger partial charge in [0.25, 0.3) is 0 Å². The van der Waals surface area contributed by atoms with Crippen LogP contribution in [-0.2, 0) is 0 Å². The second-order valence-corrected chi connectivity index (χ2v) is 2.15. The fourth-order valence-corrected chi connectivity index (χ4v) is 0.705. The third-order valence-electron chi connectivity index (χ3n) is 1.39. The molecule has 0 unspecified atom stereocenters. The van der Waals surface area contributed by atoms with Crippen molar-refractivity contribution in [1.82, 2.24) is 0 Å². The Morgan fingerprint density at radius 1 is 1.42 bits per heavy atom. The summed E-state index contributed by atoms with van der Waals surface area (Å²) in [4.78, 5) is 3.85. The molecule has 64 valence electrons. The molecule has 2 nitrogen and oxygen atoms in total. The molecular formula is C10H14N2. The summed E-state index contributed by atoms with van der Waals surface area (Å²) in [7, 11) is 1.63. The first kappa shape index (κ1) is 10.4. The number of nitrogens with zero attached hydrogens (tertiary/aromatic N) is 1. The van der Waals surface area contributed by atoms with Crippen LogP contribution < -0.4 is 5.73 Å². The first-order valence-electron chi connectivity index (χ1n) is 3.54. The molecule has 0 bridgehead atoms. The number of allylic oxidation sites excluding steroid dienone is 3. The van der Waals surface area contributed by atoms with Crippen molar-refractivity contribution in [3.63, 3.8) is 0 Å². The van der Waals surface area contributed by atoms with E-state index in [9.17, 15) is 0 Å². The standard InChI is InChI=1S/C10H14N2/c1-5-7-9(8(3)6-2)10(11)12-4/h5-7H,1-3H2,4H3,(H2,11,12)/b9-7+. The summed E-state index contributed by atoms with van der Waals surface area (Å²) >= 11 is 0. The van der Waals surface area contributed by atoms with E-state index in [1.807, 2.05) is 0 Å². The molecule has 0 radical (unpaired) electrons. The van der Waals surface area contributed by atoms with E-state index in [0.717, 1.165) is 11.1 Å². The maximum atomic E-state index is 5.61. The number of rotatable bonds is 4. The molecule has 0 aliphatic rings. The molecule has 0 spiro atoms. The van der Waals surface area contributed by atoms with Crippen molar-refractivity contribution in [2.45, 2.75) is 0 Å². The van der Waals surface area contributed by atoms with Crippen molar-refractivity contribution in [3.8, 4) is 0 Å². The minimum atomic E-state index is 0.444. The van der Waals surface area contributed by atoms with Gasteiger partial charge in [0, 0.05) is 12.6 Å². The van der Waals surface area contributed by atoms with E-state index >= 15 is 0 Å². The number of hydrogen-bond acceptors (Lipinski definition) is 1. The van der Waals surface area contributed by atoms with Crippen LogP contribution >= 0.6 is 0 Å². The number of hydrogen-bond donors (Lipinski definition) is 1. The Balaban J connectivity index is 4.92. The van der Waals surface area contributed by atoms with Gasteiger partial charge in [-0.25, -0.2) is 0 Å². The second kappa shape index (κ2) is 5.13. The Bertz CT molecular complexity index is 253. The lowest BCUT2D eigenvalue weighted by Gasteiger charge is -2.04. The molecule has 0 rings (SSSR count). The summed E-state index contributed by atoms with van der Waals surface area (Å²) in [5, 5.41) is 0. The highest BCUT2D eigenvalue weighted by molar-refractivity contribution is 6.01. The molecule has 0 aromatic carbocycles. The highest BCUT2D eigenvalue weighted by Crippen LogP contribution is 2.08. The topological polar surface area (TPSA) is 38.4 Å². The average Bonchev–Trinajstić information content (AvgIpc) is 2.11. The minimum Gasteiger partial charge on any atom is -0.383 e. The van der Waals surface area contributed by atoms with Gasteiger partial charge in [-0.2, -0.15) is 0 Å². The second-order valence-electron chi connectivity index (χ2n) is 2.15. The van der Waals surface area contributed by atoms with Crippen LogP contribution in [0.25, 0.3) is 0 Å². The van der Waals surface area contributed by atoms with E-state index in [-0.39, 0.29) is 0 Å². The summed E-state index contributed by atoms with van der Waals surface area (Å²) in [6, 6.07) is 0. The van der Waals surface area contributed by atoms with Crippen LogP contribution in [-0.4, -0.2) is 12.9 Å². The number of amidine groups is 1. The summed E-state index contributed by atoms with van der Waals surface area (Å²) in [6.45, 7) is 10.9. The van der Waals surface area contributed by atoms with Crippen molar-refractivity contribution in [3.05, 3.63) is 49.1 Å². The molecular weight excluding hydrogens is 148 g/mol. The minimum absolute atomic E-state index is 0.444. The van der Waals surface area contributed by atoms with Crippen LogP contribution in [0.5, 0.6) is 0 Å². The lowest BCUT2D eigenvalue weighted by molar-refractivity contribution is 1.38. The first-order valence-corrected chi connectivity index (χ1v) is 3.54. The maximum Gasteiger partial charge on any atom is 0.125 e. The molecule has 0 saturated carbocycles. The molecule has 0 heterocycles. The molecule has 0 amide bonds. The monoisotopic (exact) mass is 162 g/mol. The van der Waals surface area contributed by atoms with Crippen LogP contribution in [0.2, 0.25) is 0 Å². The lowest BCUT2D eigenvalue weighted by atomic mass is 10.1. The molecule has 0 aromatic rings. The number of aliphatic imine (C=N–C) groups is 1. The van der Waals surface area contributed by atoms with Crippen molar-refractivity contribution < 1.29 is 0 Å². The lowest BCUT2D eigenvalue weighted by Crippen LogP contribution is -2.15. The van der Waals surface area contributed by atoms with E-state index in [4.69, 9.17) is 5.73 Å². The molecule has 2 heteroatoms. The number of nitrogens with two attached hydrogens (primary N) is 1. The average molecular weight is 162 g/mol. The SMILES string of the molecule is C=C/C=C(\C(=C)C=C)C(N)=NC. The fourth-order valence-electron chi connectivity index (χ4n) is 0.705. The van der Waals surface area contributed by atoms with Crippen molar-refractivity contribution >= 4 is 5.84 Å².